The number of hydrogen-bond acceptors (Lipinski definition) is 7. The number of phenolic OH excluding ortho intramolecular Hbond substituents is 2. The number of fused-ring (bicyclic) bond motifs is 1. The maximum atomic E-state index is 12.4. The smallest absolute Gasteiger partial charge is 0.196 e. The summed E-state index contributed by atoms with van der Waals surface area (Å²) in [6.45, 7) is 35.5. The first-order valence-corrected chi connectivity index (χ1v) is 27.1. The van der Waals surface area contributed by atoms with E-state index in [0.717, 1.165) is 34.1 Å². The van der Waals surface area contributed by atoms with Crippen LogP contribution in [-0.4, -0.2) is 28.1 Å². The molecule has 0 spiro atoms. The third kappa shape index (κ3) is 26.5. The lowest BCUT2D eigenvalue weighted by atomic mass is 9.94. The van der Waals surface area contributed by atoms with E-state index in [2.05, 4.69) is 18.2 Å². The molecule has 7 heteroatoms. The zero-order valence-corrected chi connectivity index (χ0v) is 49.3. The number of benzene rings is 6. The van der Waals surface area contributed by atoms with Gasteiger partial charge in [-0.25, -0.2) is 0 Å². The second kappa shape index (κ2) is 45.9. The van der Waals surface area contributed by atoms with Crippen LogP contribution in [0.2, 0.25) is 0 Å². The molecule has 410 valence electrons. The Balaban J connectivity index is -0.000000904. The van der Waals surface area contributed by atoms with Crippen LogP contribution in [0, 0.1) is 12.8 Å². The van der Waals surface area contributed by atoms with E-state index in [9.17, 15) is 29.4 Å². The van der Waals surface area contributed by atoms with Crippen LogP contribution in [0.4, 0.5) is 0 Å². The monoisotopic (exact) mass is 1030 g/mol. The van der Waals surface area contributed by atoms with E-state index >= 15 is 0 Å². The van der Waals surface area contributed by atoms with E-state index in [4.69, 9.17) is 4.42 Å². The zero-order chi connectivity index (χ0) is 58.4. The average Bonchev–Trinajstić information content (AvgIpc) is 3.50. The molecule has 2 N–H and O–H groups in total. The minimum atomic E-state index is -0.156. The van der Waals surface area contributed by atoms with Crippen molar-refractivity contribution in [2.75, 3.05) is 0 Å². The van der Waals surface area contributed by atoms with Crippen molar-refractivity contribution in [2.45, 2.75) is 137 Å². The van der Waals surface area contributed by atoms with Crippen molar-refractivity contribution < 1.29 is 29.0 Å². The first-order valence-electron chi connectivity index (χ1n) is 27.1. The van der Waals surface area contributed by atoms with Gasteiger partial charge in [-0.15, -0.1) is 0 Å². The fourth-order valence-electron chi connectivity index (χ4n) is 6.40. The molecule has 6 aromatic carbocycles. The Morgan fingerprint density at radius 1 is 0.526 bits per heavy atom. The third-order valence-electron chi connectivity index (χ3n) is 10.3. The molecular formula is C69H92O7. The highest BCUT2D eigenvalue weighted by atomic mass is 16.3. The average molecular weight is 1030 g/mol. The number of ketones is 2. The summed E-state index contributed by atoms with van der Waals surface area (Å²) in [5.41, 5.74) is 8.72. The van der Waals surface area contributed by atoms with E-state index in [1.165, 1.54) is 11.6 Å². The first kappa shape index (κ1) is 72.6. The Labute approximate surface area is 458 Å². The molecule has 1 heterocycles. The van der Waals surface area contributed by atoms with Crippen molar-refractivity contribution in [1.82, 2.24) is 0 Å². The predicted molar refractivity (Wildman–Crippen MR) is 330 cm³/mol. The van der Waals surface area contributed by atoms with Crippen molar-refractivity contribution in [2.24, 2.45) is 5.92 Å². The standard InChI is InChI=1S/C19H16O2.C19H20O2.C10H10O.C9H10O2.6C2H6/c1-13(15-8-4-3-5-9-15)12-18-14(2)19(20)16-10-6-7-11-17(16)21-18;1-14(16-8-4-3-5-9-16)12-13-15(2)19(21)17-10-6-7-11-18(17)20;1-9(7-8-11)10-5-3-2-4-6-10;1-2-8(10)7-5-3-4-6-9(7)11;6*1-2/h3-12H,1-2H3;3-12,15,20H,13H2,1-2H3;2-8H,1H3;3-6,11H,2H2,1H3;6*1-2H3/b13-12+;14-12+;9-7+;;;;;;;. The predicted octanol–water partition coefficient (Wildman–Crippen LogP) is 19.8. The van der Waals surface area contributed by atoms with Crippen molar-refractivity contribution in [3.63, 3.8) is 0 Å². The zero-order valence-electron chi connectivity index (χ0n) is 49.3. The second-order valence-corrected chi connectivity index (χ2v) is 15.0. The van der Waals surface area contributed by atoms with Crippen LogP contribution >= 0.6 is 0 Å². The van der Waals surface area contributed by atoms with Gasteiger partial charge in [0, 0.05) is 17.9 Å². The van der Waals surface area contributed by atoms with Crippen LogP contribution in [-0.2, 0) is 4.79 Å². The van der Waals surface area contributed by atoms with Gasteiger partial charge in [-0.05, 0) is 116 Å². The number of rotatable bonds is 11. The van der Waals surface area contributed by atoms with Crippen LogP contribution in [0.25, 0.3) is 33.8 Å². The van der Waals surface area contributed by atoms with Crippen LogP contribution < -0.4 is 5.43 Å². The Morgan fingerprint density at radius 3 is 1.34 bits per heavy atom. The Hall–Kier alpha value is -7.64. The summed E-state index contributed by atoms with van der Waals surface area (Å²) in [5.74, 6) is 0.544. The van der Waals surface area contributed by atoms with Crippen molar-refractivity contribution in [3.8, 4) is 11.5 Å². The molecule has 0 aliphatic heterocycles. The summed E-state index contributed by atoms with van der Waals surface area (Å²) < 4.78 is 5.89. The molecule has 0 amide bonds. The topological polar surface area (TPSA) is 122 Å². The molecule has 0 saturated carbocycles. The molecule has 0 aliphatic carbocycles. The van der Waals surface area contributed by atoms with Gasteiger partial charge in [0.1, 0.15) is 29.1 Å². The van der Waals surface area contributed by atoms with E-state index in [1.807, 2.05) is 221 Å². The maximum Gasteiger partial charge on any atom is 0.196 e. The third-order valence-corrected chi connectivity index (χ3v) is 10.3. The number of phenols is 2. The van der Waals surface area contributed by atoms with E-state index in [-0.39, 0.29) is 34.4 Å². The molecule has 0 radical (unpaired) electrons. The number of aromatic hydroxyl groups is 2. The van der Waals surface area contributed by atoms with E-state index < -0.39 is 0 Å². The number of carbonyl (C=O) groups excluding carboxylic acids is 3. The minimum absolute atomic E-state index is 0.0230. The molecule has 7 aromatic rings. The van der Waals surface area contributed by atoms with Gasteiger partial charge in [-0.1, -0.05) is 230 Å². The second-order valence-electron chi connectivity index (χ2n) is 15.0. The van der Waals surface area contributed by atoms with Gasteiger partial charge < -0.3 is 14.6 Å². The minimum Gasteiger partial charge on any atom is -0.507 e. The summed E-state index contributed by atoms with van der Waals surface area (Å²) in [7, 11) is 0. The molecule has 0 saturated heterocycles. The fraction of sp³-hybridized carbons (Fsp3) is 0.304. The molecule has 7 rings (SSSR count). The normalized spacial score (nSPS) is 10.3. The molecule has 0 bridgehead atoms. The number of allylic oxidation sites excluding steroid dienone is 5. The Kier molecular flexibility index (Phi) is 43.9. The van der Waals surface area contributed by atoms with Gasteiger partial charge in [0.15, 0.2) is 17.0 Å². The molecule has 0 aliphatic rings. The van der Waals surface area contributed by atoms with Crippen LogP contribution in [0.3, 0.4) is 0 Å². The quantitative estimate of drug-likeness (QED) is 0.0752. The Bertz CT molecular complexity index is 2760. The summed E-state index contributed by atoms with van der Waals surface area (Å²) in [4.78, 5) is 45.9. The SMILES string of the molecule is C/C(=C\C=O)c1ccccc1.C/C(=C\CC(C)C(=O)c1ccccc1O)c1ccccc1.C/C(=C\c1oc2ccccc2c(=O)c1C)c1ccccc1.CC.CC.CC.CC.CC.CC.CCC(=O)c1ccccc1O. The number of hydrogen-bond donors (Lipinski definition) is 2. The summed E-state index contributed by atoms with van der Waals surface area (Å²) >= 11 is 0. The molecular weight excluding hydrogens is 941 g/mol. The summed E-state index contributed by atoms with van der Waals surface area (Å²) in [6, 6.07) is 50.6. The van der Waals surface area contributed by atoms with Crippen molar-refractivity contribution >= 4 is 51.6 Å². The highest BCUT2D eigenvalue weighted by Crippen LogP contribution is 2.24. The summed E-state index contributed by atoms with van der Waals surface area (Å²) in [5, 5.41) is 19.6. The molecule has 76 heavy (non-hydrogen) atoms. The van der Waals surface area contributed by atoms with Crippen LogP contribution in [0.1, 0.15) is 179 Å². The number of carbonyl (C=O) groups is 3. The van der Waals surface area contributed by atoms with Gasteiger partial charge in [0.2, 0.25) is 0 Å². The summed E-state index contributed by atoms with van der Waals surface area (Å²) in [6.07, 6.45) is 7.47. The largest absolute Gasteiger partial charge is 0.507 e. The maximum absolute atomic E-state index is 12.4. The van der Waals surface area contributed by atoms with Gasteiger partial charge in [0.25, 0.3) is 0 Å². The van der Waals surface area contributed by atoms with Gasteiger partial charge in [-0.3, -0.25) is 19.2 Å². The highest BCUT2D eigenvalue weighted by Gasteiger charge is 2.17. The lowest BCUT2D eigenvalue weighted by Gasteiger charge is -2.10. The lowest BCUT2D eigenvalue weighted by molar-refractivity contribution is -0.104. The fourth-order valence-corrected chi connectivity index (χ4v) is 6.40. The Morgan fingerprint density at radius 2 is 0.908 bits per heavy atom. The van der Waals surface area contributed by atoms with E-state index in [0.29, 0.717) is 46.3 Å². The van der Waals surface area contributed by atoms with Crippen molar-refractivity contribution in [3.05, 3.63) is 225 Å². The van der Waals surface area contributed by atoms with Crippen LogP contribution in [0.5, 0.6) is 11.5 Å². The van der Waals surface area contributed by atoms with Gasteiger partial charge in [-0.2, -0.15) is 0 Å². The molecule has 0 fully saturated rings. The molecule has 1 unspecified atom stereocenters. The molecule has 1 atom stereocenters. The molecule has 7 nitrogen and oxygen atoms in total. The number of para-hydroxylation sites is 3. The van der Waals surface area contributed by atoms with E-state index in [1.54, 1.807) is 61.5 Å². The number of aldehydes is 1. The van der Waals surface area contributed by atoms with Crippen molar-refractivity contribution in [1.29, 1.82) is 0 Å². The first-order chi connectivity index (χ1) is 36.9. The molecule has 1 aromatic heterocycles. The van der Waals surface area contributed by atoms with Crippen LogP contribution in [0.15, 0.2) is 185 Å². The number of Topliss-reactive ketones (excluding diaryl/α,β-unsaturated/α-hetero) is 2. The lowest BCUT2D eigenvalue weighted by Crippen LogP contribution is -2.10. The highest BCUT2D eigenvalue weighted by molar-refractivity contribution is 6.00. The van der Waals surface area contributed by atoms with Gasteiger partial charge >= 0.3 is 0 Å². The van der Waals surface area contributed by atoms with Gasteiger partial charge in [0.05, 0.1) is 16.5 Å².